The zero-order chi connectivity index (χ0) is 9.68. The van der Waals surface area contributed by atoms with Gasteiger partial charge in [-0.1, -0.05) is 12.1 Å². The number of halogens is 1. The van der Waals surface area contributed by atoms with Crippen LogP contribution in [0.25, 0.3) is 0 Å². The molecule has 1 rings (SSSR count). The number of ether oxygens (including phenoxy) is 1. The van der Waals surface area contributed by atoms with Gasteiger partial charge in [-0.15, -0.1) is 12.4 Å². The number of methoxy groups -OCH3 is 1. The second kappa shape index (κ2) is 6.65. The van der Waals surface area contributed by atoms with E-state index in [1.54, 1.807) is 7.11 Å². The number of hydrogen-bond acceptors (Lipinski definition) is 3. The van der Waals surface area contributed by atoms with Gasteiger partial charge in [0.25, 0.3) is 0 Å². The Hall–Kier alpha value is -0.770. The smallest absolute Gasteiger partial charge is 0.118 e. The summed E-state index contributed by atoms with van der Waals surface area (Å²) < 4.78 is 5.02. The van der Waals surface area contributed by atoms with Gasteiger partial charge in [-0.05, 0) is 24.1 Å². The van der Waals surface area contributed by atoms with Crippen LogP contribution in [-0.2, 0) is 6.42 Å². The predicted octanol–water partition coefficient (Wildman–Crippen LogP) is 0.979. The fraction of sp³-hybridized carbons (Fsp3) is 0.400. The van der Waals surface area contributed by atoms with E-state index in [-0.39, 0.29) is 25.1 Å². The van der Waals surface area contributed by atoms with Gasteiger partial charge in [-0.25, -0.2) is 0 Å². The third-order valence-electron chi connectivity index (χ3n) is 1.89. The fourth-order valence-electron chi connectivity index (χ4n) is 1.13. The molecule has 0 heterocycles. The maximum atomic E-state index is 8.75. The summed E-state index contributed by atoms with van der Waals surface area (Å²) in [5, 5.41) is 8.75. The number of hydrogen-bond donors (Lipinski definition) is 2. The predicted molar refractivity (Wildman–Crippen MR) is 59.0 cm³/mol. The van der Waals surface area contributed by atoms with Crippen molar-refractivity contribution in [3.05, 3.63) is 29.8 Å². The number of aliphatic hydroxyl groups excluding tert-OH is 1. The molecular formula is C10H16ClNO2. The number of aliphatic hydroxyl groups is 1. The van der Waals surface area contributed by atoms with Crippen LogP contribution in [0.2, 0.25) is 0 Å². The average molecular weight is 218 g/mol. The van der Waals surface area contributed by atoms with E-state index >= 15 is 0 Å². The fourth-order valence-corrected chi connectivity index (χ4v) is 1.13. The Bertz CT molecular complexity index is 251. The lowest BCUT2D eigenvalue weighted by Crippen LogP contribution is -2.26. The topological polar surface area (TPSA) is 55.5 Å². The zero-order valence-corrected chi connectivity index (χ0v) is 8.96. The van der Waals surface area contributed by atoms with Gasteiger partial charge in [0, 0.05) is 6.04 Å². The Balaban J connectivity index is 0.00000169. The third-order valence-corrected chi connectivity index (χ3v) is 1.89. The van der Waals surface area contributed by atoms with E-state index in [4.69, 9.17) is 15.6 Å². The zero-order valence-electron chi connectivity index (χ0n) is 8.14. The summed E-state index contributed by atoms with van der Waals surface area (Å²) in [4.78, 5) is 0. The molecule has 0 saturated heterocycles. The Morgan fingerprint density at radius 1 is 1.36 bits per heavy atom. The van der Waals surface area contributed by atoms with Gasteiger partial charge in [0.2, 0.25) is 0 Å². The molecule has 80 valence electrons. The molecule has 0 spiro atoms. The first kappa shape index (κ1) is 13.2. The number of rotatable bonds is 4. The molecular weight excluding hydrogens is 202 g/mol. The molecule has 0 aromatic heterocycles. The van der Waals surface area contributed by atoms with Crippen LogP contribution in [-0.4, -0.2) is 24.9 Å². The summed E-state index contributed by atoms with van der Waals surface area (Å²) in [5.41, 5.74) is 6.71. The quantitative estimate of drug-likeness (QED) is 0.791. The highest BCUT2D eigenvalue weighted by molar-refractivity contribution is 5.85. The van der Waals surface area contributed by atoms with Crippen molar-refractivity contribution in [2.24, 2.45) is 5.73 Å². The van der Waals surface area contributed by atoms with Crippen LogP contribution < -0.4 is 10.5 Å². The minimum Gasteiger partial charge on any atom is -0.497 e. The van der Waals surface area contributed by atoms with Crippen LogP contribution in [0.4, 0.5) is 0 Å². The maximum Gasteiger partial charge on any atom is 0.118 e. The first-order chi connectivity index (χ1) is 6.26. The highest BCUT2D eigenvalue weighted by Crippen LogP contribution is 2.11. The van der Waals surface area contributed by atoms with Gasteiger partial charge >= 0.3 is 0 Å². The molecule has 0 fully saturated rings. The second-order valence-electron chi connectivity index (χ2n) is 2.99. The Labute approximate surface area is 90.3 Å². The van der Waals surface area contributed by atoms with Crippen molar-refractivity contribution in [2.45, 2.75) is 12.5 Å². The first-order valence-corrected chi connectivity index (χ1v) is 4.25. The third kappa shape index (κ3) is 3.96. The minimum atomic E-state index is -0.173. The lowest BCUT2D eigenvalue weighted by atomic mass is 10.1. The van der Waals surface area contributed by atoms with Crippen molar-refractivity contribution in [1.82, 2.24) is 0 Å². The first-order valence-electron chi connectivity index (χ1n) is 4.25. The van der Waals surface area contributed by atoms with Crippen LogP contribution in [0.3, 0.4) is 0 Å². The molecule has 0 saturated carbocycles. The summed E-state index contributed by atoms with van der Waals surface area (Å²) in [5.74, 6) is 0.835. The molecule has 14 heavy (non-hydrogen) atoms. The standard InChI is InChI=1S/C10H15NO2.ClH/c1-13-10-4-2-8(3-5-10)6-9(11)7-12;/h2-5,9,12H,6-7,11H2,1H3;1H. The second-order valence-corrected chi connectivity index (χ2v) is 2.99. The normalized spacial score (nSPS) is 11.6. The highest BCUT2D eigenvalue weighted by Gasteiger charge is 2.01. The number of benzene rings is 1. The molecule has 1 aromatic rings. The van der Waals surface area contributed by atoms with Crippen LogP contribution in [0.1, 0.15) is 5.56 Å². The number of nitrogens with two attached hydrogens (primary N) is 1. The summed E-state index contributed by atoms with van der Waals surface area (Å²) in [6, 6.07) is 7.51. The van der Waals surface area contributed by atoms with E-state index in [0.717, 1.165) is 11.3 Å². The van der Waals surface area contributed by atoms with E-state index in [0.29, 0.717) is 6.42 Å². The molecule has 1 aromatic carbocycles. The van der Waals surface area contributed by atoms with E-state index in [1.807, 2.05) is 24.3 Å². The molecule has 1 unspecified atom stereocenters. The van der Waals surface area contributed by atoms with Crippen LogP contribution in [0, 0.1) is 0 Å². The molecule has 0 amide bonds. The Morgan fingerprint density at radius 3 is 2.36 bits per heavy atom. The van der Waals surface area contributed by atoms with Gasteiger partial charge in [-0.3, -0.25) is 0 Å². The van der Waals surface area contributed by atoms with Crippen molar-refractivity contribution in [3.8, 4) is 5.75 Å². The average Bonchev–Trinajstić information content (AvgIpc) is 2.19. The van der Waals surface area contributed by atoms with E-state index in [1.165, 1.54) is 0 Å². The summed E-state index contributed by atoms with van der Waals surface area (Å²) in [6.45, 7) is 0.0199. The van der Waals surface area contributed by atoms with Gasteiger partial charge < -0.3 is 15.6 Å². The highest BCUT2D eigenvalue weighted by atomic mass is 35.5. The molecule has 0 radical (unpaired) electrons. The lowest BCUT2D eigenvalue weighted by Gasteiger charge is -2.08. The van der Waals surface area contributed by atoms with Gasteiger partial charge in [0.05, 0.1) is 13.7 Å². The molecule has 0 aliphatic rings. The van der Waals surface area contributed by atoms with Crippen LogP contribution in [0.15, 0.2) is 24.3 Å². The largest absolute Gasteiger partial charge is 0.497 e. The van der Waals surface area contributed by atoms with Crippen molar-refractivity contribution in [1.29, 1.82) is 0 Å². The van der Waals surface area contributed by atoms with Gasteiger partial charge in [0.1, 0.15) is 5.75 Å². The molecule has 3 N–H and O–H groups in total. The maximum absolute atomic E-state index is 8.75. The van der Waals surface area contributed by atoms with E-state index < -0.39 is 0 Å². The van der Waals surface area contributed by atoms with Gasteiger partial charge in [0.15, 0.2) is 0 Å². The van der Waals surface area contributed by atoms with Crippen molar-refractivity contribution >= 4 is 12.4 Å². The van der Waals surface area contributed by atoms with Crippen molar-refractivity contribution in [2.75, 3.05) is 13.7 Å². The summed E-state index contributed by atoms with van der Waals surface area (Å²) in [6.07, 6.45) is 0.695. The van der Waals surface area contributed by atoms with Crippen LogP contribution >= 0.6 is 12.4 Å². The summed E-state index contributed by atoms with van der Waals surface area (Å²) >= 11 is 0. The minimum absolute atomic E-state index is 0. The van der Waals surface area contributed by atoms with E-state index in [9.17, 15) is 0 Å². The molecule has 0 aliphatic carbocycles. The SMILES string of the molecule is COc1ccc(CC(N)CO)cc1.Cl. The Morgan fingerprint density at radius 2 is 1.93 bits per heavy atom. The monoisotopic (exact) mass is 217 g/mol. The molecule has 0 bridgehead atoms. The van der Waals surface area contributed by atoms with Gasteiger partial charge in [-0.2, -0.15) is 0 Å². The Kier molecular flexibility index (Phi) is 6.28. The van der Waals surface area contributed by atoms with Crippen LogP contribution in [0.5, 0.6) is 5.75 Å². The van der Waals surface area contributed by atoms with Crippen molar-refractivity contribution < 1.29 is 9.84 Å². The van der Waals surface area contributed by atoms with Crippen molar-refractivity contribution in [3.63, 3.8) is 0 Å². The molecule has 0 aliphatic heterocycles. The summed E-state index contributed by atoms with van der Waals surface area (Å²) in [7, 11) is 1.63. The molecule has 4 heteroatoms. The molecule has 1 atom stereocenters. The van der Waals surface area contributed by atoms with E-state index in [2.05, 4.69) is 0 Å². The molecule has 3 nitrogen and oxygen atoms in total. The lowest BCUT2D eigenvalue weighted by molar-refractivity contribution is 0.265.